The Hall–Kier alpha value is -1.76. The quantitative estimate of drug-likeness (QED) is 0.752. The molecule has 1 heteroatoms. The van der Waals surface area contributed by atoms with E-state index >= 15 is 0 Å². The van der Waals surface area contributed by atoms with Gasteiger partial charge in [0.1, 0.15) is 0 Å². The van der Waals surface area contributed by atoms with Crippen LogP contribution in [-0.2, 0) is 5.41 Å². The van der Waals surface area contributed by atoms with Crippen LogP contribution in [0.25, 0.3) is 0 Å². The summed E-state index contributed by atoms with van der Waals surface area (Å²) in [5, 5.41) is 3.63. The van der Waals surface area contributed by atoms with Crippen molar-refractivity contribution in [2.75, 3.05) is 5.32 Å². The predicted molar refractivity (Wildman–Crippen MR) is 93.1 cm³/mol. The molecule has 2 aromatic carbocycles. The van der Waals surface area contributed by atoms with Crippen LogP contribution in [0.5, 0.6) is 0 Å². The third-order valence-corrected chi connectivity index (χ3v) is 4.25. The van der Waals surface area contributed by atoms with Crippen LogP contribution in [0.15, 0.2) is 42.5 Å². The van der Waals surface area contributed by atoms with Gasteiger partial charge in [-0.1, -0.05) is 57.2 Å². The number of hydrogen-bond donors (Lipinski definition) is 1. The van der Waals surface area contributed by atoms with Gasteiger partial charge in [-0.05, 0) is 54.5 Å². The summed E-state index contributed by atoms with van der Waals surface area (Å²) in [7, 11) is 0. The number of benzene rings is 2. The number of hydrogen-bond acceptors (Lipinski definition) is 1. The Bertz CT molecular complexity index is 603. The number of nitrogens with one attached hydrogen (secondary N) is 1. The summed E-state index contributed by atoms with van der Waals surface area (Å²) in [6.45, 7) is 13.3. The van der Waals surface area contributed by atoms with Gasteiger partial charge in [0, 0.05) is 11.7 Å². The van der Waals surface area contributed by atoms with Crippen LogP contribution in [0.4, 0.5) is 5.69 Å². The lowest BCUT2D eigenvalue weighted by Crippen LogP contribution is -2.12. The van der Waals surface area contributed by atoms with Crippen molar-refractivity contribution in [1.82, 2.24) is 0 Å². The van der Waals surface area contributed by atoms with E-state index in [1.165, 1.54) is 27.9 Å². The van der Waals surface area contributed by atoms with Gasteiger partial charge in [-0.2, -0.15) is 0 Å². The Morgan fingerprint density at radius 1 is 0.905 bits per heavy atom. The Balaban J connectivity index is 2.17. The fourth-order valence-corrected chi connectivity index (χ4v) is 2.50. The molecule has 0 aromatic heterocycles. The first-order chi connectivity index (χ1) is 9.79. The second-order valence-corrected chi connectivity index (χ2v) is 6.99. The molecule has 2 rings (SSSR count). The predicted octanol–water partition coefficient (Wildman–Crippen LogP) is 5.77. The summed E-state index contributed by atoms with van der Waals surface area (Å²) in [4.78, 5) is 0. The first kappa shape index (κ1) is 15.6. The first-order valence-electron chi connectivity index (χ1n) is 7.72. The van der Waals surface area contributed by atoms with E-state index in [1.54, 1.807) is 0 Å². The van der Waals surface area contributed by atoms with Crippen LogP contribution >= 0.6 is 0 Å². The van der Waals surface area contributed by atoms with E-state index in [-0.39, 0.29) is 5.41 Å². The van der Waals surface area contributed by atoms with Crippen molar-refractivity contribution in [3.8, 4) is 0 Å². The maximum absolute atomic E-state index is 3.63. The van der Waals surface area contributed by atoms with Crippen molar-refractivity contribution in [2.24, 2.45) is 0 Å². The highest BCUT2D eigenvalue weighted by atomic mass is 14.9. The second kappa shape index (κ2) is 5.93. The molecule has 1 unspecified atom stereocenters. The van der Waals surface area contributed by atoms with E-state index < -0.39 is 0 Å². The van der Waals surface area contributed by atoms with Crippen molar-refractivity contribution in [3.63, 3.8) is 0 Å². The van der Waals surface area contributed by atoms with E-state index in [0.29, 0.717) is 6.04 Å². The molecule has 0 fully saturated rings. The second-order valence-electron chi connectivity index (χ2n) is 6.99. The number of aryl methyl sites for hydroxylation is 1. The highest BCUT2D eigenvalue weighted by Crippen LogP contribution is 2.27. The fourth-order valence-electron chi connectivity index (χ4n) is 2.50. The third-order valence-electron chi connectivity index (χ3n) is 4.25. The molecule has 1 N–H and O–H groups in total. The summed E-state index contributed by atoms with van der Waals surface area (Å²) in [5.41, 5.74) is 6.80. The highest BCUT2D eigenvalue weighted by Gasteiger charge is 2.14. The molecule has 0 aliphatic carbocycles. The van der Waals surface area contributed by atoms with Crippen molar-refractivity contribution in [1.29, 1.82) is 0 Å². The lowest BCUT2D eigenvalue weighted by Gasteiger charge is -2.22. The standard InChI is InChI=1S/C20H27N/c1-14-8-7-9-19(15(14)2)21-16(3)17-10-12-18(13-11-17)20(4,5)6/h7-13,16,21H,1-6H3. The van der Waals surface area contributed by atoms with E-state index in [2.05, 4.69) is 89.3 Å². The van der Waals surface area contributed by atoms with Crippen molar-refractivity contribution in [2.45, 2.75) is 53.0 Å². The van der Waals surface area contributed by atoms with Crippen molar-refractivity contribution >= 4 is 5.69 Å². The lowest BCUT2D eigenvalue weighted by atomic mass is 9.86. The SMILES string of the molecule is Cc1cccc(NC(C)c2ccc(C(C)(C)C)cc2)c1C. The number of anilines is 1. The van der Waals surface area contributed by atoms with Crippen LogP contribution in [0.3, 0.4) is 0 Å². The molecule has 0 heterocycles. The summed E-state index contributed by atoms with van der Waals surface area (Å²) in [6, 6.07) is 15.7. The van der Waals surface area contributed by atoms with Crippen LogP contribution in [0, 0.1) is 13.8 Å². The third kappa shape index (κ3) is 3.66. The average Bonchev–Trinajstić information content (AvgIpc) is 2.43. The molecule has 0 aliphatic rings. The van der Waals surface area contributed by atoms with Crippen LogP contribution < -0.4 is 5.32 Å². The zero-order valence-corrected chi connectivity index (χ0v) is 14.1. The van der Waals surface area contributed by atoms with Gasteiger partial charge in [-0.3, -0.25) is 0 Å². The summed E-state index contributed by atoms with van der Waals surface area (Å²) >= 11 is 0. The molecule has 21 heavy (non-hydrogen) atoms. The summed E-state index contributed by atoms with van der Waals surface area (Å²) in [5.74, 6) is 0. The van der Waals surface area contributed by atoms with Gasteiger partial charge >= 0.3 is 0 Å². The molecule has 1 nitrogen and oxygen atoms in total. The van der Waals surface area contributed by atoms with Crippen LogP contribution in [-0.4, -0.2) is 0 Å². The van der Waals surface area contributed by atoms with Crippen LogP contribution in [0.2, 0.25) is 0 Å². The summed E-state index contributed by atoms with van der Waals surface area (Å²) in [6.07, 6.45) is 0. The molecule has 0 spiro atoms. The molecule has 0 saturated carbocycles. The lowest BCUT2D eigenvalue weighted by molar-refractivity contribution is 0.589. The molecule has 0 saturated heterocycles. The molecule has 0 radical (unpaired) electrons. The average molecular weight is 281 g/mol. The molecule has 0 bridgehead atoms. The topological polar surface area (TPSA) is 12.0 Å². The van der Waals surface area contributed by atoms with Gasteiger partial charge in [-0.25, -0.2) is 0 Å². The molecule has 0 aliphatic heterocycles. The van der Waals surface area contributed by atoms with Gasteiger partial charge in [0.15, 0.2) is 0 Å². The molecule has 2 aromatic rings. The van der Waals surface area contributed by atoms with Gasteiger partial charge in [0.2, 0.25) is 0 Å². The number of rotatable bonds is 3. The van der Waals surface area contributed by atoms with Gasteiger partial charge in [0.05, 0.1) is 0 Å². The molecule has 1 atom stereocenters. The van der Waals surface area contributed by atoms with Crippen molar-refractivity contribution < 1.29 is 0 Å². The smallest absolute Gasteiger partial charge is 0.0485 e. The minimum absolute atomic E-state index is 0.211. The fraction of sp³-hybridized carbons (Fsp3) is 0.400. The van der Waals surface area contributed by atoms with Gasteiger partial charge < -0.3 is 5.32 Å². The van der Waals surface area contributed by atoms with E-state index in [0.717, 1.165) is 0 Å². The monoisotopic (exact) mass is 281 g/mol. The largest absolute Gasteiger partial charge is 0.378 e. The van der Waals surface area contributed by atoms with Crippen molar-refractivity contribution in [3.05, 3.63) is 64.7 Å². The molecule has 0 amide bonds. The van der Waals surface area contributed by atoms with Gasteiger partial charge in [-0.15, -0.1) is 0 Å². The minimum Gasteiger partial charge on any atom is -0.378 e. The molecular weight excluding hydrogens is 254 g/mol. The Morgan fingerprint density at radius 2 is 1.52 bits per heavy atom. The highest BCUT2D eigenvalue weighted by molar-refractivity contribution is 5.55. The van der Waals surface area contributed by atoms with Gasteiger partial charge in [0.25, 0.3) is 0 Å². The van der Waals surface area contributed by atoms with E-state index in [1.807, 2.05) is 0 Å². The first-order valence-corrected chi connectivity index (χ1v) is 7.72. The Morgan fingerprint density at radius 3 is 2.10 bits per heavy atom. The van der Waals surface area contributed by atoms with Crippen LogP contribution in [0.1, 0.15) is 56.0 Å². The minimum atomic E-state index is 0.211. The zero-order chi connectivity index (χ0) is 15.6. The molecule has 112 valence electrons. The normalized spacial score (nSPS) is 13.0. The Labute approximate surface area is 129 Å². The molecular formula is C20H27N. The van der Waals surface area contributed by atoms with E-state index in [4.69, 9.17) is 0 Å². The summed E-state index contributed by atoms with van der Waals surface area (Å²) < 4.78 is 0. The maximum Gasteiger partial charge on any atom is 0.0485 e. The van der Waals surface area contributed by atoms with E-state index in [9.17, 15) is 0 Å². The zero-order valence-electron chi connectivity index (χ0n) is 14.1. The Kier molecular flexibility index (Phi) is 4.41. The maximum atomic E-state index is 3.63.